The second kappa shape index (κ2) is 6.11. The Morgan fingerprint density at radius 3 is 1.88 bits per heavy atom. The van der Waals surface area contributed by atoms with Gasteiger partial charge in [-0.2, -0.15) is 0 Å². The maximum Gasteiger partial charge on any atom is 0.143 e. The number of rotatable bonds is 1. The lowest BCUT2D eigenvalue weighted by Crippen LogP contribution is -1.85. The van der Waals surface area contributed by atoms with Crippen molar-refractivity contribution >= 4 is 65.0 Å². The Balaban J connectivity index is 1.40. The molecule has 1 aromatic heterocycles. The lowest BCUT2D eigenvalue weighted by molar-refractivity contribution is 0.672. The van der Waals surface area contributed by atoms with Gasteiger partial charge in [-0.25, -0.2) is 0 Å². The first kappa shape index (κ1) is 17.2. The van der Waals surface area contributed by atoms with Gasteiger partial charge in [-0.1, -0.05) is 78.9 Å². The summed E-state index contributed by atoms with van der Waals surface area (Å²) >= 11 is 0. The first-order valence-electron chi connectivity index (χ1n) is 11.4. The Hall–Kier alpha value is -4.36. The predicted octanol–water partition coefficient (Wildman–Crippen LogP) is 9.30. The van der Waals surface area contributed by atoms with Crippen LogP contribution in [0, 0.1) is 0 Å². The summed E-state index contributed by atoms with van der Waals surface area (Å²) in [6, 6.07) is 39.6. The third kappa shape index (κ3) is 2.31. The van der Waals surface area contributed by atoms with Crippen LogP contribution in [0.4, 0.5) is 0 Å². The average Bonchev–Trinajstić information content (AvgIpc) is 3.25. The van der Waals surface area contributed by atoms with E-state index >= 15 is 0 Å². The second-order valence-corrected chi connectivity index (χ2v) is 8.98. The number of hydrogen-bond acceptors (Lipinski definition) is 1. The van der Waals surface area contributed by atoms with Crippen molar-refractivity contribution < 1.29 is 4.42 Å². The predicted molar refractivity (Wildman–Crippen MR) is 140 cm³/mol. The van der Waals surface area contributed by atoms with Crippen molar-refractivity contribution in [3.05, 3.63) is 109 Å². The van der Waals surface area contributed by atoms with Crippen LogP contribution < -0.4 is 0 Å². The van der Waals surface area contributed by atoms with Gasteiger partial charge in [0.15, 0.2) is 0 Å². The molecule has 0 radical (unpaired) electrons. The van der Waals surface area contributed by atoms with Gasteiger partial charge in [0.05, 0.1) is 0 Å². The molecule has 152 valence electrons. The molecule has 8 rings (SSSR count). The minimum Gasteiger partial charge on any atom is -0.455 e. The lowest BCUT2D eigenvalue weighted by Gasteiger charge is -2.12. The SMILES string of the molecule is c1ccc2c(c1)ccc1c3cc(-c4cc5ccc6cccc7ccc(c4)c5c67)ccc3oc21. The maximum atomic E-state index is 6.32. The van der Waals surface area contributed by atoms with Crippen molar-refractivity contribution in [1.29, 1.82) is 0 Å². The quantitative estimate of drug-likeness (QED) is 0.242. The minimum absolute atomic E-state index is 0.933. The van der Waals surface area contributed by atoms with E-state index in [-0.39, 0.29) is 0 Å². The van der Waals surface area contributed by atoms with E-state index in [1.165, 1.54) is 59.6 Å². The zero-order chi connectivity index (χ0) is 21.5. The molecule has 0 aliphatic heterocycles. The van der Waals surface area contributed by atoms with Crippen LogP contribution >= 0.6 is 0 Å². The number of benzene rings is 7. The maximum absolute atomic E-state index is 6.32. The Morgan fingerprint density at radius 1 is 0.394 bits per heavy atom. The Bertz CT molecular complexity index is 1960. The van der Waals surface area contributed by atoms with Crippen LogP contribution in [0.2, 0.25) is 0 Å². The van der Waals surface area contributed by atoms with E-state index in [4.69, 9.17) is 4.42 Å². The van der Waals surface area contributed by atoms with Crippen molar-refractivity contribution in [3.8, 4) is 11.1 Å². The number of hydrogen-bond donors (Lipinski definition) is 0. The third-order valence-corrected chi connectivity index (χ3v) is 7.16. The smallest absolute Gasteiger partial charge is 0.143 e. The molecule has 0 saturated heterocycles. The zero-order valence-corrected chi connectivity index (χ0v) is 17.8. The zero-order valence-electron chi connectivity index (χ0n) is 17.8. The third-order valence-electron chi connectivity index (χ3n) is 7.16. The Kier molecular flexibility index (Phi) is 3.19. The van der Waals surface area contributed by atoms with Gasteiger partial charge in [-0.3, -0.25) is 0 Å². The molecule has 0 N–H and O–H groups in total. The highest BCUT2D eigenvalue weighted by molar-refractivity contribution is 6.24. The van der Waals surface area contributed by atoms with Gasteiger partial charge < -0.3 is 4.42 Å². The van der Waals surface area contributed by atoms with Crippen LogP contribution in [0.25, 0.3) is 76.2 Å². The van der Waals surface area contributed by atoms with E-state index in [1.807, 2.05) is 0 Å². The fourth-order valence-electron chi connectivity index (χ4n) is 5.60. The van der Waals surface area contributed by atoms with Crippen molar-refractivity contribution in [2.45, 2.75) is 0 Å². The monoisotopic (exact) mass is 418 g/mol. The van der Waals surface area contributed by atoms with Gasteiger partial charge in [0.2, 0.25) is 0 Å². The Labute approximate surface area is 189 Å². The van der Waals surface area contributed by atoms with Crippen LogP contribution in [-0.2, 0) is 0 Å². The van der Waals surface area contributed by atoms with Crippen molar-refractivity contribution in [2.75, 3.05) is 0 Å². The van der Waals surface area contributed by atoms with Gasteiger partial charge in [-0.05, 0) is 79.2 Å². The molecule has 0 bridgehead atoms. The van der Waals surface area contributed by atoms with Gasteiger partial charge >= 0.3 is 0 Å². The van der Waals surface area contributed by atoms with Crippen LogP contribution in [0.1, 0.15) is 0 Å². The van der Waals surface area contributed by atoms with Crippen molar-refractivity contribution in [1.82, 2.24) is 0 Å². The molecule has 8 aromatic rings. The normalized spacial score (nSPS) is 12.2. The van der Waals surface area contributed by atoms with Crippen molar-refractivity contribution in [3.63, 3.8) is 0 Å². The molecule has 0 amide bonds. The largest absolute Gasteiger partial charge is 0.455 e. The van der Waals surface area contributed by atoms with Gasteiger partial charge in [0.1, 0.15) is 11.2 Å². The van der Waals surface area contributed by atoms with Crippen molar-refractivity contribution in [2.24, 2.45) is 0 Å². The topological polar surface area (TPSA) is 13.1 Å². The molecule has 0 aliphatic rings. The standard InChI is InChI=1S/C32H18O/c1-2-7-26-19(4-1)12-14-27-28-18-22(13-15-29(28)33-32(26)27)25-16-23-10-8-20-5-3-6-21-9-11-24(17-25)31(23)30(20)21/h1-18H. The highest BCUT2D eigenvalue weighted by Crippen LogP contribution is 2.39. The van der Waals surface area contributed by atoms with E-state index in [9.17, 15) is 0 Å². The molecular weight excluding hydrogens is 400 g/mol. The molecule has 1 nitrogen and oxygen atoms in total. The molecule has 0 saturated carbocycles. The highest BCUT2D eigenvalue weighted by Gasteiger charge is 2.13. The summed E-state index contributed by atoms with van der Waals surface area (Å²) in [5.74, 6) is 0. The van der Waals surface area contributed by atoms with Crippen LogP contribution in [0.3, 0.4) is 0 Å². The summed E-state index contributed by atoms with van der Waals surface area (Å²) in [6.07, 6.45) is 0. The fourth-order valence-corrected chi connectivity index (χ4v) is 5.60. The Morgan fingerprint density at radius 2 is 1.06 bits per heavy atom. The second-order valence-electron chi connectivity index (χ2n) is 8.98. The first-order chi connectivity index (χ1) is 16.3. The van der Waals surface area contributed by atoms with E-state index in [0.717, 1.165) is 16.6 Å². The van der Waals surface area contributed by atoms with E-state index in [0.29, 0.717) is 0 Å². The van der Waals surface area contributed by atoms with E-state index < -0.39 is 0 Å². The minimum atomic E-state index is 0.933. The molecular formula is C32H18O. The lowest BCUT2D eigenvalue weighted by atomic mass is 9.91. The summed E-state index contributed by atoms with van der Waals surface area (Å²) in [4.78, 5) is 0. The molecule has 1 heterocycles. The molecule has 33 heavy (non-hydrogen) atoms. The molecule has 0 aliphatic carbocycles. The first-order valence-corrected chi connectivity index (χ1v) is 11.4. The van der Waals surface area contributed by atoms with E-state index in [1.54, 1.807) is 0 Å². The summed E-state index contributed by atoms with van der Waals surface area (Å²) in [6.45, 7) is 0. The van der Waals surface area contributed by atoms with Gasteiger partial charge in [0.25, 0.3) is 0 Å². The summed E-state index contributed by atoms with van der Waals surface area (Å²) in [7, 11) is 0. The molecule has 1 heteroatoms. The molecule has 7 aromatic carbocycles. The van der Waals surface area contributed by atoms with E-state index in [2.05, 4.69) is 109 Å². The van der Waals surface area contributed by atoms with Crippen LogP contribution in [-0.4, -0.2) is 0 Å². The van der Waals surface area contributed by atoms with Gasteiger partial charge in [0, 0.05) is 16.2 Å². The molecule has 0 fully saturated rings. The molecule has 0 spiro atoms. The van der Waals surface area contributed by atoms with Crippen LogP contribution in [0.5, 0.6) is 0 Å². The fraction of sp³-hybridized carbons (Fsp3) is 0. The molecule has 0 atom stereocenters. The number of fused-ring (bicyclic) bond motifs is 5. The van der Waals surface area contributed by atoms with Crippen LogP contribution in [0.15, 0.2) is 114 Å². The van der Waals surface area contributed by atoms with Gasteiger partial charge in [-0.15, -0.1) is 0 Å². The summed E-state index contributed by atoms with van der Waals surface area (Å²) in [5, 5.41) is 12.6. The summed E-state index contributed by atoms with van der Waals surface area (Å²) in [5.41, 5.74) is 4.35. The molecule has 0 unspecified atom stereocenters. The summed E-state index contributed by atoms with van der Waals surface area (Å²) < 4.78 is 6.32. The highest BCUT2D eigenvalue weighted by atomic mass is 16.3. The number of furan rings is 1. The average molecular weight is 418 g/mol.